The molecule has 10 nitrogen and oxygen atoms in total. The number of carbonyl (C=O) groups excluding carboxylic acids is 2. The highest BCUT2D eigenvalue weighted by atomic mass is 16.6. The maximum absolute atomic E-state index is 12.0. The van der Waals surface area contributed by atoms with Crippen molar-refractivity contribution in [2.75, 3.05) is 13.1 Å². The summed E-state index contributed by atoms with van der Waals surface area (Å²) in [6.07, 6.45) is 4.69. The number of carbonyl (C=O) groups is 2. The fourth-order valence-corrected chi connectivity index (χ4v) is 3.59. The highest BCUT2D eigenvalue weighted by Gasteiger charge is 2.22. The molecule has 0 atom stereocenters. The van der Waals surface area contributed by atoms with Crippen LogP contribution in [0.2, 0.25) is 0 Å². The molecule has 2 aromatic rings. The lowest BCUT2D eigenvalue weighted by Crippen LogP contribution is -2.37. The molecule has 1 aromatic heterocycles. The monoisotopic (exact) mass is 404 g/mol. The molecule has 1 fully saturated rings. The predicted octanol–water partition coefficient (Wildman–Crippen LogP) is 1.71. The van der Waals surface area contributed by atoms with Crippen LogP contribution in [0.4, 0.5) is 5.69 Å². The van der Waals surface area contributed by atoms with Gasteiger partial charge in [-0.15, -0.1) is 0 Å². The summed E-state index contributed by atoms with van der Waals surface area (Å²) in [6, 6.07) is 3.98. The highest BCUT2D eigenvalue weighted by Crippen LogP contribution is 2.24. The van der Waals surface area contributed by atoms with Crippen molar-refractivity contribution < 1.29 is 18.9 Å². The number of nitrogens with zero attached hydrogens (tertiary/aromatic N) is 2. The third-order valence-electron chi connectivity index (χ3n) is 5.12. The Morgan fingerprint density at radius 1 is 1.21 bits per heavy atom. The van der Waals surface area contributed by atoms with E-state index in [9.17, 15) is 24.5 Å². The Hall–Kier alpha value is -3.17. The maximum atomic E-state index is 12.0. The van der Waals surface area contributed by atoms with Crippen molar-refractivity contribution in [2.45, 2.75) is 45.1 Å². The summed E-state index contributed by atoms with van der Waals surface area (Å²) < 4.78 is 6.41. The molecule has 1 aliphatic carbocycles. The van der Waals surface area contributed by atoms with Gasteiger partial charge in [0.15, 0.2) is 5.58 Å². The number of hydrogen-bond donors (Lipinski definition) is 2. The predicted molar refractivity (Wildman–Crippen MR) is 104 cm³/mol. The summed E-state index contributed by atoms with van der Waals surface area (Å²) in [5, 5.41) is 16.4. The van der Waals surface area contributed by atoms with E-state index in [-0.39, 0.29) is 42.0 Å². The largest absolute Gasteiger partial charge is 0.419 e. The summed E-state index contributed by atoms with van der Waals surface area (Å²) in [5.41, 5.74) is 0.445. The molecular formula is C19H24N4O6. The van der Waals surface area contributed by atoms with Crippen LogP contribution < -0.4 is 16.4 Å². The van der Waals surface area contributed by atoms with Gasteiger partial charge in [-0.1, -0.05) is 12.8 Å². The van der Waals surface area contributed by atoms with Gasteiger partial charge >= 0.3 is 5.76 Å². The smallest absolute Gasteiger partial charge is 0.407 e. The van der Waals surface area contributed by atoms with Crippen LogP contribution in [0.1, 0.15) is 38.5 Å². The first-order valence-electron chi connectivity index (χ1n) is 9.78. The first-order valence-corrected chi connectivity index (χ1v) is 9.78. The first-order chi connectivity index (χ1) is 14.0. The lowest BCUT2D eigenvalue weighted by Gasteiger charge is -2.11. The molecule has 2 amide bonds. The number of aromatic nitrogens is 1. The number of fused-ring (bicyclic) bond motifs is 1. The van der Waals surface area contributed by atoms with Crippen molar-refractivity contribution in [1.82, 2.24) is 15.2 Å². The molecule has 156 valence electrons. The molecule has 1 aromatic carbocycles. The number of amides is 2. The molecule has 0 saturated heterocycles. The molecule has 3 rings (SSSR count). The number of nitro benzene ring substituents is 1. The van der Waals surface area contributed by atoms with Crippen LogP contribution >= 0.6 is 0 Å². The van der Waals surface area contributed by atoms with Crippen LogP contribution in [-0.2, 0) is 16.1 Å². The van der Waals surface area contributed by atoms with Crippen molar-refractivity contribution in [2.24, 2.45) is 5.92 Å². The fourth-order valence-electron chi connectivity index (χ4n) is 3.59. The first kappa shape index (κ1) is 20.6. The molecule has 0 bridgehead atoms. The molecule has 0 spiro atoms. The Balaban J connectivity index is 1.41. The molecular weight excluding hydrogens is 380 g/mol. The number of aryl methyl sites for hydroxylation is 1. The quantitative estimate of drug-likeness (QED) is 0.371. The van der Waals surface area contributed by atoms with Crippen LogP contribution in [-0.4, -0.2) is 34.4 Å². The molecule has 29 heavy (non-hydrogen) atoms. The van der Waals surface area contributed by atoms with Gasteiger partial charge in [-0.2, -0.15) is 0 Å². The minimum absolute atomic E-state index is 0.0585. The van der Waals surface area contributed by atoms with Gasteiger partial charge in [-0.3, -0.25) is 24.3 Å². The topological polar surface area (TPSA) is 136 Å². The van der Waals surface area contributed by atoms with Gasteiger partial charge in [0.1, 0.15) is 0 Å². The van der Waals surface area contributed by atoms with E-state index in [1.807, 2.05) is 0 Å². The Labute approximate surface area is 166 Å². The van der Waals surface area contributed by atoms with Gasteiger partial charge in [0, 0.05) is 38.0 Å². The van der Waals surface area contributed by atoms with E-state index in [2.05, 4.69) is 10.6 Å². The Morgan fingerprint density at radius 3 is 2.66 bits per heavy atom. The van der Waals surface area contributed by atoms with Crippen molar-refractivity contribution in [3.63, 3.8) is 0 Å². The SMILES string of the molecule is O=C(CCCn1c(=O)oc2cc([N+](=O)[O-])ccc21)NCCNC(=O)C1CCCC1. The van der Waals surface area contributed by atoms with Gasteiger partial charge in [-0.05, 0) is 25.3 Å². The Kier molecular flexibility index (Phi) is 6.63. The van der Waals surface area contributed by atoms with Gasteiger partial charge in [0.25, 0.3) is 5.69 Å². The normalized spacial score (nSPS) is 14.2. The van der Waals surface area contributed by atoms with Gasteiger partial charge in [0.05, 0.1) is 16.5 Å². The average molecular weight is 404 g/mol. The number of rotatable bonds is 9. The fraction of sp³-hybridized carbons (Fsp3) is 0.526. The van der Waals surface area contributed by atoms with E-state index < -0.39 is 10.7 Å². The van der Waals surface area contributed by atoms with Crippen LogP contribution in [0.25, 0.3) is 11.1 Å². The lowest BCUT2D eigenvalue weighted by atomic mass is 10.1. The van der Waals surface area contributed by atoms with Crippen LogP contribution in [0.3, 0.4) is 0 Å². The van der Waals surface area contributed by atoms with Gasteiger partial charge in [-0.25, -0.2) is 4.79 Å². The van der Waals surface area contributed by atoms with E-state index in [0.29, 0.717) is 25.0 Å². The van der Waals surface area contributed by atoms with E-state index in [1.165, 1.54) is 22.8 Å². The lowest BCUT2D eigenvalue weighted by molar-refractivity contribution is -0.384. The molecule has 0 aliphatic heterocycles. The number of benzene rings is 1. The summed E-state index contributed by atoms with van der Waals surface area (Å²) in [7, 11) is 0. The summed E-state index contributed by atoms with van der Waals surface area (Å²) in [5.74, 6) is -0.620. The highest BCUT2D eigenvalue weighted by molar-refractivity contribution is 5.79. The third-order valence-corrected chi connectivity index (χ3v) is 5.12. The number of hydrogen-bond acceptors (Lipinski definition) is 6. The second-order valence-corrected chi connectivity index (χ2v) is 7.15. The standard InChI is InChI=1S/C19H24N4O6/c24-17(20-9-10-21-18(25)13-4-1-2-5-13)6-3-11-22-15-8-7-14(23(27)28)12-16(15)29-19(22)26/h7-8,12-13H,1-6,9-11H2,(H,20,24)(H,21,25). The molecule has 10 heteroatoms. The second kappa shape index (κ2) is 9.35. The third kappa shape index (κ3) is 5.21. The van der Waals surface area contributed by atoms with E-state index in [1.54, 1.807) is 0 Å². The van der Waals surface area contributed by atoms with Gasteiger partial charge < -0.3 is 15.1 Å². The zero-order valence-electron chi connectivity index (χ0n) is 16.0. The minimum atomic E-state index is -0.615. The molecule has 1 aliphatic rings. The second-order valence-electron chi connectivity index (χ2n) is 7.15. The van der Waals surface area contributed by atoms with Crippen LogP contribution in [0, 0.1) is 16.0 Å². The Morgan fingerprint density at radius 2 is 1.93 bits per heavy atom. The van der Waals surface area contributed by atoms with E-state index in [0.717, 1.165) is 25.7 Å². The summed E-state index contributed by atoms with van der Waals surface area (Å²) in [6.45, 7) is 1.01. The van der Waals surface area contributed by atoms with Crippen molar-refractivity contribution >= 4 is 28.6 Å². The van der Waals surface area contributed by atoms with E-state index in [4.69, 9.17) is 4.42 Å². The van der Waals surface area contributed by atoms with Crippen molar-refractivity contribution in [3.05, 3.63) is 38.9 Å². The zero-order chi connectivity index (χ0) is 20.8. The van der Waals surface area contributed by atoms with Crippen LogP contribution in [0.15, 0.2) is 27.4 Å². The number of oxazole rings is 1. The maximum Gasteiger partial charge on any atom is 0.419 e. The Bertz CT molecular complexity index is 957. The molecule has 0 radical (unpaired) electrons. The minimum Gasteiger partial charge on any atom is -0.407 e. The van der Waals surface area contributed by atoms with Crippen LogP contribution in [0.5, 0.6) is 0 Å². The van der Waals surface area contributed by atoms with E-state index >= 15 is 0 Å². The molecule has 2 N–H and O–H groups in total. The number of non-ortho nitro benzene ring substituents is 1. The number of nitrogens with one attached hydrogen (secondary N) is 2. The summed E-state index contributed by atoms with van der Waals surface area (Å²) >= 11 is 0. The molecule has 0 unspecified atom stereocenters. The van der Waals surface area contributed by atoms with Crippen molar-refractivity contribution in [1.29, 1.82) is 0 Å². The average Bonchev–Trinajstić information content (AvgIpc) is 3.33. The zero-order valence-corrected chi connectivity index (χ0v) is 16.0. The number of nitro groups is 1. The molecule has 1 heterocycles. The van der Waals surface area contributed by atoms with Crippen molar-refractivity contribution in [3.8, 4) is 0 Å². The van der Waals surface area contributed by atoms with Gasteiger partial charge in [0.2, 0.25) is 11.8 Å². The molecule has 1 saturated carbocycles. The summed E-state index contributed by atoms with van der Waals surface area (Å²) in [4.78, 5) is 46.0.